The van der Waals surface area contributed by atoms with Crippen molar-refractivity contribution < 1.29 is 22.7 Å². The van der Waals surface area contributed by atoms with Crippen molar-refractivity contribution in [3.63, 3.8) is 0 Å². The number of hydrogen-bond donors (Lipinski definition) is 0. The van der Waals surface area contributed by atoms with Crippen LogP contribution in [0.15, 0.2) is 54.6 Å². The Hall–Kier alpha value is -2.81. The van der Waals surface area contributed by atoms with Crippen molar-refractivity contribution in [1.82, 2.24) is 0 Å². The van der Waals surface area contributed by atoms with E-state index >= 15 is 0 Å². The quantitative estimate of drug-likeness (QED) is 0.677. The van der Waals surface area contributed by atoms with Gasteiger partial charge in [-0.05, 0) is 30.2 Å². The van der Waals surface area contributed by atoms with Gasteiger partial charge in [0.1, 0.15) is 0 Å². The fourth-order valence-electron chi connectivity index (χ4n) is 2.87. The van der Waals surface area contributed by atoms with Gasteiger partial charge in [-0.1, -0.05) is 42.5 Å². The summed E-state index contributed by atoms with van der Waals surface area (Å²) in [5.74, 6) is -1.88. The fourth-order valence-corrected chi connectivity index (χ4v) is 2.87. The number of carbonyl (C=O) groups is 1. The van der Waals surface area contributed by atoms with Crippen LogP contribution >= 0.6 is 0 Å². The third kappa shape index (κ3) is 4.63. The van der Waals surface area contributed by atoms with Gasteiger partial charge in [0.2, 0.25) is 0 Å². The predicted molar refractivity (Wildman–Crippen MR) is 90.2 cm³/mol. The monoisotopic (exact) mass is 361 g/mol. The molecule has 2 rings (SSSR count). The summed E-state index contributed by atoms with van der Waals surface area (Å²) in [7, 11) is 0. The second kappa shape index (κ2) is 8.52. The molecular weight excluding hydrogens is 343 g/mol. The topological polar surface area (TPSA) is 50.1 Å². The number of esters is 1. The number of hydrogen-bond acceptors (Lipinski definition) is 3. The van der Waals surface area contributed by atoms with E-state index in [1.807, 2.05) is 6.07 Å². The molecule has 0 saturated carbocycles. The third-order valence-corrected chi connectivity index (χ3v) is 4.08. The SMILES string of the molecule is CCOC(=O)C(c1ccccc1)C(CC#N)c1ccc(C(F)(F)F)cc1. The summed E-state index contributed by atoms with van der Waals surface area (Å²) in [5.41, 5.74) is 0.372. The molecule has 2 aromatic carbocycles. The van der Waals surface area contributed by atoms with Crippen LogP contribution in [0.4, 0.5) is 13.2 Å². The van der Waals surface area contributed by atoms with E-state index in [9.17, 15) is 23.2 Å². The standard InChI is InChI=1S/C20H18F3NO2/c1-2-26-19(25)18(15-6-4-3-5-7-15)17(12-13-24)14-8-10-16(11-9-14)20(21,22)23/h3-11,17-18H,2,12H2,1H3. The van der Waals surface area contributed by atoms with Gasteiger partial charge in [-0.2, -0.15) is 18.4 Å². The van der Waals surface area contributed by atoms with Crippen LogP contribution in [0.25, 0.3) is 0 Å². The molecule has 0 saturated heterocycles. The normalized spacial score (nSPS) is 13.5. The summed E-state index contributed by atoms with van der Waals surface area (Å²) in [6.45, 7) is 1.85. The van der Waals surface area contributed by atoms with Gasteiger partial charge in [0, 0.05) is 12.3 Å². The molecule has 2 unspecified atom stereocenters. The van der Waals surface area contributed by atoms with Crippen LogP contribution in [-0.2, 0) is 15.7 Å². The van der Waals surface area contributed by atoms with Crippen molar-refractivity contribution in [3.05, 3.63) is 71.3 Å². The Bertz CT molecular complexity index is 764. The van der Waals surface area contributed by atoms with Crippen molar-refractivity contribution in [3.8, 4) is 6.07 Å². The van der Waals surface area contributed by atoms with Crippen LogP contribution in [0, 0.1) is 11.3 Å². The minimum Gasteiger partial charge on any atom is -0.466 e. The first kappa shape index (κ1) is 19.5. The summed E-state index contributed by atoms with van der Waals surface area (Å²) >= 11 is 0. The van der Waals surface area contributed by atoms with Gasteiger partial charge < -0.3 is 4.74 Å². The Morgan fingerprint density at radius 3 is 2.19 bits per heavy atom. The van der Waals surface area contributed by atoms with Crippen molar-refractivity contribution >= 4 is 5.97 Å². The lowest BCUT2D eigenvalue weighted by Crippen LogP contribution is -2.23. The molecule has 3 nitrogen and oxygen atoms in total. The van der Waals surface area contributed by atoms with Gasteiger partial charge in [0.15, 0.2) is 0 Å². The first-order valence-electron chi connectivity index (χ1n) is 8.14. The smallest absolute Gasteiger partial charge is 0.416 e. The molecule has 0 aliphatic carbocycles. The van der Waals surface area contributed by atoms with E-state index in [0.29, 0.717) is 11.1 Å². The Labute approximate surface area is 150 Å². The number of nitriles is 1. The number of alkyl halides is 3. The maximum atomic E-state index is 12.8. The highest BCUT2D eigenvalue weighted by Crippen LogP contribution is 2.38. The van der Waals surface area contributed by atoms with Crippen LogP contribution in [0.5, 0.6) is 0 Å². The van der Waals surface area contributed by atoms with E-state index in [0.717, 1.165) is 12.1 Å². The van der Waals surface area contributed by atoms with Crippen molar-refractivity contribution in [2.45, 2.75) is 31.4 Å². The average Bonchev–Trinajstić information content (AvgIpc) is 2.62. The van der Waals surface area contributed by atoms with Crippen LogP contribution in [0.2, 0.25) is 0 Å². The maximum Gasteiger partial charge on any atom is 0.416 e. The van der Waals surface area contributed by atoms with Crippen molar-refractivity contribution in [1.29, 1.82) is 5.26 Å². The molecule has 136 valence electrons. The zero-order valence-corrected chi connectivity index (χ0v) is 14.2. The fraction of sp³-hybridized carbons (Fsp3) is 0.300. The molecule has 0 radical (unpaired) electrons. The summed E-state index contributed by atoms with van der Waals surface area (Å²) in [5, 5.41) is 9.21. The largest absolute Gasteiger partial charge is 0.466 e. The highest BCUT2D eigenvalue weighted by atomic mass is 19.4. The van der Waals surface area contributed by atoms with E-state index in [-0.39, 0.29) is 13.0 Å². The lowest BCUT2D eigenvalue weighted by atomic mass is 9.79. The molecular formula is C20H18F3NO2. The number of ether oxygens (including phenoxy) is 1. The summed E-state index contributed by atoms with van der Waals surface area (Å²) < 4.78 is 43.5. The zero-order valence-electron chi connectivity index (χ0n) is 14.2. The number of nitrogens with zero attached hydrogens (tertiary/aromatic N) is 1. The molecule has 26 heavy (non-hydrogen) atoms. The van der Waals surface area contributed by atoms with Crippen LogP contribution in [0.3, 0.4) is 0 Å². The first-order chi connectivity index (χ1) is 12.4. The molecule has 0 aliphatic rings. The lowest BCUT2D eigenvalue weighted by molar-refractivity contribution is -0.145. The van der Waals surface area contributed by atoms with Gasteiger partial charge in [0.05, 0.1) is 24.2 Å². The predicted octanol–water partition coefficient (Wildman–Crippen LogP) is 5.05. The number of benzene rings is 2. The molecule has 0 N–H and O–H groups in total. The van der Waals surface area contributed by atoms with E-state index in [4.69, 9.17) is 4.74 Å². The van der Waals surface area contributed by atoms with Gasteiger partial charge >= 0.3 is 12.1 Å². The van der Waals surface area contributed by atoms with Gasteiger partial charge in [-0.3, -0.25) is 4.79 Å². The van der Waals surface area contributed by atoms with Crippen molar-refractivity contribution in [2.24, 2.45) is 0 Å². The number of rotatable bonds is 6. The molecule has 0 heterocycles. The minimum atomic E-state index is -4.44. The molecule has 0 spiro atoms. The Balaban J connectivity index is 2.46. The second-order valence-electron chi connectivity index (χ2n) is 5.73. The summed E-state index contributed by atoms with van der Waals surface area (Å²) in [6, 6.07) is 15.4. The lowest BCUT2D eigenvalue weighted by Gasteiger charge is -2.25. The number of halogens is 3. The highest BCUT2D eigenvalue weighted by Gasteiger charge is 2.34. The summed E-state index contributed by atoms with van der Waals surface area (Å²) in [4.78, 5) is 12.5. The summed E-state index contributed by atoms with van der Waals surface area (Å²) in [6.07, 6.45) is -4.47. The first-order valence-corrected chi connectivity index (χ1v) is 8.14. The van der Waals surface area contributed by atoms with Crippen LogP contribution in [-0.4, -0.2) is 12.6 Å². The Morgan fingerprint density at radius 1 is 1.08 bits per heavy atom. The minimum absolute atomic E-state index is 0.0241. The molecule has 0 bridgehead atoms. The molecule has 2 aromatic rings. The van der Waals surface area contributed by atoms with E-state index in [1.54, 1.807) is 37.3 Å². The van der Waals surface area contributed by atoms with Gasteiger partial charge in [-0.25, -0.2) is 0 Å². The Morgan fingerprint density at radius 2 is 1.69 bits per heavy atom. The van der Waals surface area contributed by atoms with Gasteiger partial charge in [0.25, 0.3) is 0 Å². The number of carbonyl (C=O) groups excluding carboxylic acids is 1. The molecule has 0 aliphatic heterocycles. The van der Waals surface area contributed by atoms with Crippen LogP contribution in [0.1, 0.15) is 41.9 Å². The van der Waals surface area contributed by atoms with Crippen molar-refractivity contribution in [2.75, 3.05) is 6.61 Å². The third-order valence-electron chi connectivity index (χ3n) is 4.08. The Kier molecular flexibility index (Phi) is 6.40. The highest BCUT2D eigenvalue weighted by molar-refractivity contribution is 5.79. The van der Waals surface area contributed by atoms with E-state index in [2.05, 4.69) is 0 Å². The van der Waals surface area contributed by atoms with E-state index < -0.39 is 29.5 Å². The zero-order chi connectivity index (χ0) is 19.2. The van der Waals surface area contributed by atoms with Crippen LogP contribution < -0.4 is 0 Å². The molecule has 0 aromatic heterocycles. The van der Waals surface area contributed by atoms with E-state index in [1.165, 1.54) is 12.1 Å². The maximum absolute atomic E-state index is 12.8. The second-order valence-corrected chi connectivity index (χ2v) is 5.73. The molecule has 0 fully saturated rings. The molecule has 0 amide bonds. The average molecular weight is 361 g/mol. The molecule has 2 atom stereocenters. The van der Waals surface area contributed by atoms with Gasteiger partial charge in [-0.15, -0.1) is 0 Å². The molecule has 6 heteroatoms.